The number of rotatable bonds is 2. The highest BCUT2D eigenvalue weighted by Crippen LogP contribution is 2.16. The van der Waals surface area contributed by atoms with Crippen molar-refractivity contribution in [1.29, 1.82) is 0 Å². The molecule has 0 radical (unpaired) electrons. The molecule has 1 aromatic heterocycles. The molecule has 0 saturated heterocycles. The third-order valence-corrected chi connectivity index (χ3v) is 1.25. The molecule has 0 spiro atoms. The lowest BCUT2D eigenvalue weighted by molar-refractivity contribution is -0.107. The summed E-state index contributed by atoms with van der Waals surface area (Å²) in [5.41, 5.74) is 0. The topological polar surface area (TPSA) is 30.2 Å². The summed E-state index contributed by atoms with van der Waals surface area (Å²) >= 11 is 5.47. The van der Waals surface area contributed by atoms with Gasteiger partial charge >= 0.3 is 0 Å². The maximum absolute atomic E-state index is 10.0. The van der Waals surface area contributed by atoms with Crippen LogP contribution >= 0.6 is 11.6 Å². The molecule has 1 heterocycles. The first-order valence-electron chi connectivity index (χ1n) is 2.47. The Morgan fingerprint density at radius 3 is 3.00 bits per heavy atom. The maximum atomic E-state index is 10.0. The summed E-state index contributed by atoms with van der Waals surface area (Å²) in [5, 5.41) is -0.639. The minimum atomic E-state index is -0.639. The predicted molar refractivity (Wildman–Crippen MR) is 33.4 cm³/mol. The van der Waals surface area contributed by atoms with Crippen molar-refractivity contribution in [2.24, 2.45) is 0 Å². The average molecular weight is 145 g/mol. The van der Waals surface area contributed by atoms with Gasteiger partial charge in [0.05, 0.1) is 6.26 Å². The third-order valence-electron chi connectivity index (χ3n) is 0.934. The smallest absolute Gasteiger partial charge is 0.146 e. The van der Waals surface area contributed by atoms with E-state index in [1.54, 1.807) is 12.1 Å². The van der Waals surface area contributed by atoms with Gasteiger partial charge in [0.2, 0.25) is 0 Å². The summed E-state index contributed by atoms with van der Waals surface area (Å²) in [6.07, 6.45) is 2.11. The van der Waals surface area contributed by atoms with Crippen LogP contribution in [0.25, 0.3) is 0 Å². The Hall–Kier alpha value is -0.760. The molecule has 9 heavy (non-hydrogen) atoms. The zero-order valence-electron chi connectivity index (χ0n) is 4.58. The Morgan fingerprint density at radius 1 is 1.78 bits per heavy atom. The Labute approximate surface area is 57.4 Å². The summed E-state index contributed by atoms with van der Waals surface area (Å²) in [7, 11) is 0. The van der Waals surface area contributed by atoms with Gasteiger partial charge in [-0.25, -0.2) is 0 Å². The summed E-state index contributed by atoms with van der Waals surface area (Å²) in [4.78, 5) is 10.0. The van der Waals surface area contributed by atoms with Crippen LogP contribution in [0, 0.1) is 0 Å². The van der Waals surface area contributed by atoms with Crippen LogP contribution in [-0.2, 0) is 4.79 Å². The van der Waals surface area contributed by atoms with Gasteiger partial charge in [0.25, 0.3) is 0 Å². The summed E-state index contributed by atoms with van der Waals surface area (Å²) in [6.45, 7) is 0. The number of hydrogen-bond donors (Lipinski definition) is 0. The summed E-state index contributed by atoms with van der Waals surface area (Å²) < 4.78 is 4.82. The largest absolute Gasteiger partial charge is 0.467 e. The van der Waals surface area contributed by atoms with Gasteiger partial charge < -0.3 is 9.21 Å². The minimum absolute atomic E-state index is 0.492. The molecule has 0 N–H and O–H groups in total. The van der Waals surface area contributed by atoms with E-state index in [0.717, 1.165) is 0 Å². The number of halogens is 1. The second-order valence-electron chi connectivity index (χ2n) is 1.55. The molecular formula is C6H5ClO2. The van der Waals surface area contributed by atoms with Crippen molar-refractivity contribution in [1.82, 2.24) is 0 Å². The molecule has 0 aliphatic heterocycles. The van der Waals surface area contributed by atoms with Gasteiger partial charge in [0, 0.05) is 0 Å². The van der Waals surface area contributed by atoms with Gasteiger partial charge in [-0.05, 0) is 12.1 Å². The van der Waals surface area contributed by atoms with Gasteiger partial charge in [0.1, 0.15) is 17.4 Å². The molecule has 2 nitrogen and oxygen atoms in total. The lowest BCUT2D eigenvalue weighted by atomic mass is 10.3. The van der Waals surface area contributed by atoms with Crippen LogP contribution in [-0.4, -0.2) is 6.29 Å². The fourth-order valence-corrected chi connectivity index (χ4v) is 0.639. The second kappa shape index (κ2) is 2.69. The summed E-state index contributed by atoms with van der Waals surface area (Å²) in [5.74, 6) is 0.492. The highest BCUT2D eigenvalue weighted by Gasteiger charge is 2.06. The fourth-order valence-electron chi connectivity index (χ4n) is 0.515. The molecule has 0 aliphatic rings. The second-order valence-corrected chi connectivity index (χ2v) is 2.02. The van der Waals surface area contributed by atoms with Gasteiger partial charge in [-0.1, -0.05) is 0 Å². The molecule has 0 bridgehead atoms. The number of carbonyl (C=O) groups is 1. The molecule has 0 fully saturated rings. The molecule has 3 heteroatoms. The van der Waals surface area contributed by atoms with E-state index in [2.05, 4.69) is 0 Å². The van der Waals surface area contributed by atoms with Crippen molar-refractivity contribution in [3.8, 4) is 0 Å². The number of hydrogen-bond acceptors (Lipinski definition) is 2. The Kier molecular flexibility index (Phi) is 1.90. The predicted octanol–water partition coefficient (Wildman–Crippen LogP) is 1.76. The molecule has 0 aromatic carbocycles. The van der Waals surface area contributed by atoms with Crippen molar-refractivity contribution in [3.63, 3.8) is 0 Å². The van der Waals surface area contributed by atoms with Crippen LogP contribution in [0.15, 0.2) is 22.8 Å². The van der Waals surface area contributed by atoms with E-state index in [0.29, 0.717) is 12.0 Å². The SMILES string of the molecule is O=CC(Cl)c1ccco1. The third kappa shape index (κ3) is 1.33. The minimum Gasteiger partial charge on any atom is -0.467 e. The molecule has 0 amide bonds. The van der Waals surface area contributed by atoms with Crippen molar-refractivity contribution in [2.75, 3.05) is 0 Å². The van der Waals surface area contributed by atoms with E-state index < -0.39 is 5.38 Å². The van der Waals surface area contributed by atoms with Gasteiger partial charge in [-0.3, -0.25) is 0 Å². The zero-order chi connectivity index (χ0) is 6.69. The zero-order valence-corrected chi connectivity index (χ0v) is 5.34. The first kappa shape index (κ1) is 6.36. The van der Waals surface area contributed by atoms with Gasteiger partial charge in [-0.2, -0.15) is 0 Å². The quantitative estimate of drug-likeness (QED) is 0.468. The lowest BCUT2D eigenvalue weighted by Crippen LogP contribution is -1.86. The normalized spacial score (nSPS) is 13.0. The molecule has 1 unspecified atom stereocenters. The van der Waals surface area contributed by atoms with Crippen LogP contribution in [0.4, 0.5) is 0 Å². The van der Waals surface area contributed by atoms with Crippen molar-refractivity contribution in [3.05, 3.63) is 24.2 Å². The number of furan rings is 1. The lowest BCUT2D eigenvalue weighted by Gasteiger charge is -1.91. The van der Waals surface area contributed by atoms with E-state index >= 15 is 0 Å². The maximum Gasteiger partial charge on any atom is 0.146 e. The Balaban J connectivity index is 2.76. The van der Waals surface area contributed by atoms with Crippen LogP contribution in [0.5, 0.6) is 0 Å². The van der Waals surface area contributed by atoms with Gasteiger partial charge in [0.15, 0.2) is 0 Å². The molecule has 1 atom stereocenters. The molecule has 0 saturated carbocycles. The van der Waals surface area contributed by atoms with Crippen LogP contribution in [0.3, 0.4) is 0 Å². The molecule has 1 rings (SSSR count). The van der Waals surface area contributed by atoms with Gasteiger partial charge in [-0.15, -0.1) is 11.6 Å². The van der Waals surface area contributed by atoms with E-state index in [1.165, 1.54) is 6.26 Å². The monoisotopic (exact) mass is 144 g/mol. The van der Waals surface area contributed by atoms with E-state index in [1.807, 2.05) is 0 Å². The molecular weight excluding hydrogens is 140 g/mol. The van der Waals surface area contributed by atoms with Crippen molar-refractivity contribution < 1.29 is 9.21 Å². The molecule has 1 aromatic rings. The van der Waals surface area contributed by atoms with Crippen molar-refractivity contribution >= 4 is 17.9 Å². The average Bonchev–Trinajstić information content (AvgIpc) is 2.37. The van der Waals surface area contributed by atoms with E-state index in [4.69, 9.17) is 16.0 Å². The number of aldehydes is 1. The highest BCUT2D eigenvalue weighted by atomic mass is 35.5. The first-order chi connectivity index (χ1) is 4.34. The van der Waals surface area contributed by atoms with Crippen molar-refractivity contribution in [2.45, 2.75) is 5.38 Å². The molecule has 48 valence electrons. The van der Waals surface area contributed by atoms with E-state index in [9.17, 15) is 4.79 Å². The van der Waals surface area contributed by atoms with Crippen LogP contribution in [0.2, 0.25) is 0 Å². The standard InChI is InChI=1S/C6H5ClO2/c7-5(4-8)6-2-1-3-9-6/h1-5H. The Morgan fingerprint density at radius 2 is 2.56 bits per heavy atom. The first-order valence-corrected chi connectivity index (χ1v) is 2.91. The van der Waals surface area contributed by atoms with Crippen LogP contribution < -0.4 is 0 Å². The summed E-state index contributed by atoms with van der Waals surface area (Å²) in [6, 6.07) is 3.35. The van der Waals surface area contributed by atoms with E-state index in [-0.39, 0.29) is 0 Å². The highest BCUT2D eigenvalue weighted by molar-refractivity contribution is 6.27. The van der Waals surface area contributed by atoms with Crippen LogP contribution in [0.1, 0.15) is 11.1 Å². The Bertz CT molecular complexity index is 181. The number of carbonyl (C=O) groups excluding carboxylic acids is 1. The number of alkyl halides is 1. The molecule has 0 aliphatic carbocycles. The fraction of sp³-hybridized carbons (Fsp3) is 0.167.